The first-order chi connectivity index (χ1) is 18.5. The summed E-state index contributed by atoms with van der Waals surface area (Å²) in [6, 6.07) is 14.3. The van der Waals surface area contributed by atoms with E-state index in [2.05, 4.69) is 24.0 Å². The third-order valence-corrected chi connectivity index (χ3v) is 6.11. The molecular formula is C29H27ClF7NO2. The minimum atomic E-state index is -4.47. The number of carboxylic acids is 1. The SMILES string of the molecule is CC(F)(F)F.CCc1ccc(C(F)(F)F)cc1F.Cc1ccccc1C1=C(c2ccc(Cl)c(C(=O)O)n2)CCC1. The molecule has 0 atom stereocenters. The van der Waals surface area contributed by atoms with E-state index in [1.54, 1.807) is 13.0 Å². The van der Waals surface area contributed by atoms with Crippen LogP contribution in [0.4, 0.5) is 30.7 Å². The molecule has 0 amide bonds. The van der Waals surface area contributed by atoms with Crippen molar-refractivity contribution in [3.63, 3.8) is 0 Å². The number of aromatic nitrogens is 1. The Morgan fingerprint density at radius 2 is 1.57 bits per heavy atom. The van der Waals surface area contributed by atoms with E-state index in [1.807, 2.05) is 18.2 Å². The van der Waals surface area contributed by atoms with E-state index in [0.717, 1.165) is 42.7 Å². The Morgan fingerprint density at radius 1 is 0.975 bits per heavy atom. The van der Waals surface area contributed by atoms with Crippen LogP contribution in [-0.2, 0) is 12.6 Å². The molecule has 1 aliphatic rings. The van der Waals surface area contributed by atoms with Crippen molar-refractivity contribution in [1.29, 1.82) is 0 Å². The second-order valence-corrected chi connectivity index (χ2v) is 9.30. The lowest BCUT2D eigenvalue weighted by molar-refractivity contribution is -0.137. The van der Waals surface area contributed by atoms with Crippen LogP contribution in [-0.4, -0.2) is 22.2 Å². The second kappa shape index (κ2) is 13.8. The quantitative estimate of drug-likeness (QED) is 0.308. The minimum absolute atomic E-state index is 0.0808. The average molecular weight is 590 g/mol. The van der Waals surface area contributed by atoms with Gasteiger partial charge in [-0.2, -0.15) is 26.3 Å². The molecule has 4 rings (SSSR count). The van der Waals surface area contributed by atoms with Gasteiger partial charge in [-0.15, -0.1) is 0 Å². The van der Waals surface area contributed by atoms with Gasteiger partial charge in [0.2, 0.25) is 0 Å². The summed E-state index contributed by atoms with van der Waals surface area (Å²) in [6.07, 6.45) is -5.10. The molecule has 0 bridgehead atoms. The first-order valence-electron chi connectivity index (χ1n) is 12.1. The van der Waals surface area contributed by atoms with E-state index < -0.39 is 29.7 Å². The summed E-state index contributed by atoms with van der Waals surface area (Å²) in [7, 11) is 0. The van der Waals surface area contributed by atoms with Crippen LogP contribution in [0.3, 0.4) is 0 Å². The van der Waals surface area contributed by atoms with Gasteiger partial charge >= 0.3 is 18.3 Å². The number of hydrogen-bond donors (Lipinski definition) is 1. The van der Waals surface area contributed by atoms with Gasteiger partial charge in [-0.25, -0.2) is 14.2 Å². The maximum Gasteiger partial charge on any atom is 0.416 e. The van der Waals surface area contributed by atoms with E-state index in [0.29, 0.717) is 18.1 Å². The highest BCUT2D eigenvalue weighted by Gasteiger charge is 2.31. The maximum atomic E-state index is 12.9. The molecule has 0 unspecified atom stereocenters. The summed E-state index contributed by atoms with van der Waals surface area (Å²) in [6.45, 7) is 3.97. The molecule has 3 nitrogen and oxygen atoms in total. The Hall–Kier alpha value is -3.40. The monoisotopic (exact) mass is 589 g/mol. The Balaban J connectivity index is 0.000000264. The molecule has 0 fully saturated rings. The summed E-state index contributed by atoms with van der Waals surface area (Å²) in [5, 5.41) is 9.37. The molecule has 3 aromatic rings. The second-order valence-electron chi connectivity index (χ2n) is 8.90. The largest absolute Gasteiger partial charge is 0.476 e. The van der Waals surface area contributed by atoms with Crippen LogP contribution in [0.25, 0.3) is 11.1 Å². The third kappa shape index (κ3) is 9.66. The van der Waals surface area contributed by atoms with E-state index in [9.17, 15) is 40.6 Å². The maximum absolute atomic E-state index is 12.9. The van der Waals surface area contributed by atoms with Gasteiger partial charge in [0.25, 0.3) is 0 Å². The van der Waals surface area contributed by atoms with E-state index >= 15 is 0 Å². The van der Waals surface area contributed by atoms with Gasteiger partial charge in [-0.05, 0) is 84.7 Å². The summed E-state index contributed by atoms with van der Waals surface area (Å²) in [5.74, 6) is -1.89. The van der Waals surface area contributed by atoms with Crippen molar-refractivity contribution in [1.82, 2.24) is 4.98 Å². The molecule has 1 aromatic heterocycles. The zero-order chi connectivity index (χ0) is 30.3. The molecule has 1 N–H and O–H groups in total. The molecular weight excluding hydrogens is 563 g/mol. The molecule has 0 spiro atoms. The number of hydrogen-bond acceptors (Lipinski definition) is 2. The predicted molar refractivity (Wildman–Crippen MR) is 141 cm³/mol. The van der Waals surface area contributed by atoms with Gasteiger partial charge in [0.15, 0.2) is 5.69 Å². The predicted octanol–water partition coefficient (Wildman–Crippen LogP) is 9.81. The number of carboxylic acid groups (broad SMARTS) is 1. The third-order valence-electron chi connectivity index (χ3n) is 5.81. The van der Waals surface area contributed by atoms with E-state index in [1.165, 1.54) is 16.7 Å². The molecule has 2 aromatic carbocycles. The lowest BCUT2D eigenvalue weighted by Gasteiger charge is -2.11. The number of aryl methyl sites for hydroxylation is 2. The molecule has 0 aliphatic heterocycles. The van der Waals surface area contributed by atoms with Crippen molar-refractivity contribution < 1.29 is 40.6 Å². The Morgan fingerprint density at radius 3 is 2.10 bits per heavy atom. The molecule has 1 aliphatic carbocycles. The molecule has 0 radical (unpaired) electrons. The molecule has 1 heterocycles. The van der Waals surface area contributed by atoms with Crippen molar-refractivity contribution in [3.05, 3.63) is 99.1 Å². The smallest absolute Gasteiger partial charge is 0.416 e. The van der Waals surface area contributed by atoms with Gasteiger partial charge in [0, 0.05) is 6.92 Å². The Bertz CT molecular complexity index is 1360. The first-order valence-corrected chi connectivity index (χ1v) is 12.5. The summed E-state index contributed by atoms with van der Waals surface area (Å²) in [5.41, 5.74) is 4.85. The van der Waals surface area contributed by atoms with E-state index in [4.69, 9.17) is 11.6 Å². The molecule has 0 saturated heterocycles. The fraction of sp³-hybridized carbons (Fsp3) is 0.310. The van der Waals surface area contributed by atoms with Crippen molar-refractivity contribution >= 4 is 28.7 Å². The van der Waals surface area contributed by atoms with Crippen LogP contribution in [0.1, 0.15) is 71.5 Å². The lowest BCUT2D eigenvalue weighted by Crippen LogP contribution is -2.05. The number of alkyl halides is 6. The zero-order valence-electron chi connectivity index (χ0n) is 21.9. The van der Waals surface area contributed by atoms with Crippen LogP contribution in [0, 0.1) is 12.7 Å². The summed E-state index contributed by atoms with van der Waals surface area (Å²) >= 11 is 5.92. The van der Waals surface area contributed by atoms with Gasteiger partial charge in [-0.1, -0.05) is 48.9 Å². The average Bonchev–Trinajstić information content (AvgIpc) is 3.33. The highest BCUT2D eigenvalue weighted by Crippen LogP contribution is 2.40. The summed E-state index contributed by atoms with van der Waals surface area (Å²) in [4.78, 5) is 15.5. The van der Waals surface area contributed by atoms with E-state index in [-0.39, 0.29) is 17.6 Å². The van der Waals surface area contributed by atoms with Crippen molar-refractivity contribution in [2.45, 2.75) is 58.8 Å². The number of pyridine rings is 1. The van der Waals surface area contributed by atoms with Crippen LogP contribution < -0.4 is 0 Å². The fourth-order valence-electron chi connectivity index (χ4n) is 4.01. The van der Waals surface area contributed by atoms with Crippen molar-refractivity contribution in [3.8, 4) is 0 Å². The minimum Gasteiger partial charge on any atom is -0.476 e. The number of rotatable bonds is 4. The van der Waals surface area contributed by atoms with Gasteiger partial charge in [0.05, 0.1) is 16.3 Å². The number of carbonyl (C=O) groups is 1. The number of allylic oxidation sites excluding steroid dienone is 2. The van der Waals surface area contributed by atoms with Crippen LogP contribution in [0.15, 0.2) is 54.6 Å². The standard InChI is InChI=1S/C18H16ClNO2.C9H8F4.C2H3F3/c1-11-5-2-3-6-12(11)13-7-4-8-14(13)16-10-9-15(19)17(20-16)18(21)22;1-2-6-3-4-7(5-8(6)10)9(11,12)13;1-2(3,4)5/h2-3,5-6,9-10H,4,7-8H2,1H3,(H,21,22);3-5H,2H2,1H3;1H3. The van der Waals surface area contributed by atoms with Gasteiger partial charge < -0.3 is 5.11 Å². The molecule has 40 heavy (non-hydrogen) atoms. The number of halogens is 8. The zero-order valence-corrected chi connectivity index (χ0v) is 22.6. The normalized spacial score (nSPS) is 13.3. The molecule has 0 saturated carbocycles. The Kier molecular flexibility index (Phi) is 11.3. The van der Waals surface area contributed by atoms with Gasteiger partial charge in [-0.3, -0.25) is 0 Å². The van der Waals surface area contributed by atoms with Crippen LogP contribution in [0.2, 0.25) is 5.02 Å². The topological polar surface area (TPSA) is 50.2 Å². The number of nitrogens with zero attached hydrogens (tertiary/aromatic N) is 1. The number of benzene rings is 2. The Labute approximate surface area is 232 Å². The van der Waals surface area contributed by atoms with Crippen LogP contribution in [0.5, 0.6) is 0 Å². The lowest BCUT2D eigenvalue weighted by atomic mass is 9.96. The number of aromatic carboxylic acids is 1. The van der Waals surface area contributed by atoms with Crippen molar-refractivity contribution in [2.75, 3.05) is 0 Å². The first kappa shape index (κ1) is 32.8. The summed E-state index contributed by atoms with van der Waals surface area (Å²) < 4.78 is 80.1. The fourth-order valence-corrected chi connectivity index (χ4v) is 4.19. The molecule has 11 heteroatoms. The molecule has 216 valence electrons. The highest BCUT2D eigenvalue weighted by atomic mass is 35.5. The highest BCUT2D eigenvalue weighted by molar-refractivity contribution is 6.33. The van der Waals surface area contributed by atoms with Crippen molar-refractivity contribution in [2.24, 2.45) is 0 Å². The van der Waals surface area contributed by atoms with Crippen LogP contribution >= 0.6 is 11.6 Å². The van der Waals surface area contributed by atoms with Gasteiger partial charge in [0.1, 0.15) is 5.82 Å².